The lowest BCUT2D eigenvalue weighted by atomic mass is 9.97. The van der Waals surface area contributed by atoms with Crippen LogP contribution in [0.4, 0.5) is 0 Å². The van der Waals surface area contributed by atoms with Gasteiger partial charge < -0.3 is 60.4 Å². The van der Waals surface area contributed by atoms with Gasteiger partial charge in [-0.25, -0.2) is 0 Å². The lowest BCUT2D eigenvalue weighted by molar-refractivity contribution is -0.359. The van der Waals surface area contributed by atoms with E-state index in [9.17, 15) is 35.7 Å². The maximum absolute atomic E-state index is 10.3. The predicted octanol–water partition coefficient (Wildman–Crippen LogP) is -5.41. The van der Waals surface area contributed by atoms with Crippen molar-refractivity contribution in [3.8, 4) is 0 Å². The van der Waals surface area contributed by atoms with Crippen molar-refractivity contribution in [3.63, 3.8) is 0 Å². The highest BCUT2D eigenvalue weighted by Gasteiger charge is 2.50. The van der Waals surface area contributed by atoms with E-state index in [0.29, 0.717) is 0 Å². The van der Waals surface area contributed by atoms with Gasteiger partial charge >= 0.3 is 0 Å². The normalized spacial score (nSPS) is 47.1. The molecule has 12 nitrogen and oxygen atoms in total. The van der Waals surface area contributed by atoms with Gasteiger partial charge in [0.1, 0.15) is 48.8 Å². The molecule has 0 bridgehead atoms. The third-order valence-corrected chi connectivity index (χ3v) is 4.36. The number of hydrogen-bond acceptors (Lipinski definition) is 12. The average molecular weight is 385 g/mol. The first kappa shape index (κ1) is 21.8. The predicted molar refractivity (Wildman–Crippen MR) is 81.4 cm³/mol. The molecule has 0 saturated carbocycles. The molecule has 0 spiro atoms. The molecule has 2 fully saturated rings. The van der Waals surface area contributed by atoms with E-state index < -0.39 is 74.6 Å². The van der Waals surface area contributed by atoms with Crippen molar-refractivity contribution < 1.29 is 54.7 Å². The molecule has 2 aliphatic rings. The van der Waals surface area contributed by atoms with Crippen molar-refractivity contribution in [1.82, 2.24) is 0 Å². The molecule has 2 saturated heterocycles. The van der Waals surface area contributed by atoms with Crippen LogP contribution in [-0.2, 0) is 18.9 Å². The maximum Gasteiger partial charge on any atom is 0.187 e. The molecule has 12 heteroatoms. The Morgan fingerprint density at radius 3 is 1.88 bits per heavy atom. The number of nitrogens with two attached hydrogens (primary N) is 1. The van der Waals surface area contributed by atoms with E-state index in [1.165, 1.54) is 0 Å². The van der Waals surface area contributed by atoms with Crippen LogP contribution in [0.5, 0.6) is 0 Å². The van der Waals surface area contributed by atoms with Crippen molar-refractivity contribution in [1.29, 1.82) is 0 Å². The number of aliphatic hydroxyl groups excluding tert-OH is 7. The lowest BCUT2D eigenvalue weighted by Crippen LogP contribution is -2.64. The van der Waals surface area contributed by atoms with Gasteiger partial charge in [-0.1, -0.05) is 0 Å². The summed E-state index contributed by atoms with van der Waals surface area (Å²) in [6.07, 6.45) is -14.7. The highest BCUT2D eigenvalue weighted by atomic mass is 16.7. The fraction of sp³-hybridized carbons (Fsp3) is 1.00. The number of ether oxygens (including phenoxy) is 4. The Morgan fingerprint density at radius 2 is 1.31 bits per heavy atom. The van der Waals surface area contributed by atoms with Crippen LogP contribution in [0.2, 0.25) is 0 Å². The Balaban J connectivity index is 2.13. The Bertz CT molecular complexity index is 428. The summed E-state index contributed by atoms with van der Waals surface area (Å²) in [6.45, 7) is -1.10. The molecule has 2 aliphatic heterocycles. The van der Waals surface area contributed by atoms with Gasteiger partial charge in [0.15, 0.2) is 12.6 Å². The second-order valence-corrected chi connectivity index (χ2v) is 6.16. The van der Waals surface area contributed by atoms with E-state index in [2.05, 4.69) is 0 Å². The molecular formula is C14H27NO11. The van der Waals surface area contributed by atoms with Crippen molar-refractivity contribution in [2.75, 3.05) is 26.4 Å². The fourth-order valence-corrected chi connectivity index (χ4v) is 2.87. The summed E-state index contributed by atoms with van der Waals surface area (Å²) >= 11 is 0. The largest absolute Gasteiger partial charge is 0.394 e. The summed E-state index contributed by atoms with van der Waals surface area (Å²) in [5.41, 5.74) is 5.33. The quantitative estimate of drug-likeness (QED) is 0.207. The van der Waals surface area contributed by atoms with Gasteiger partial charge in [0.2, 0.25) is 0 Å². The topological polar surface area (TPSA) is 205 Å². The van der Waals surface area contributed by atoms with E-state index in [-0.39, 0.29) is 13.2 Å². The molecule has 2 heterocycles. The van der Waals surface area contributed by atoms with Gasteiger partial charge in [0.05, 0.1) is 19.8 Å². The Hall–Kier alpha value is -0.480. The molecule has 0 aromatic heterocycles. The van der Waals surface area contributed by atoms with Crippen molar-refractivity contribution in [2.45, 2.75) is 61.4 Å². The molecule has 9 N–H and O–H groups in total. The molecule has 0 amide bonds. The molecule has 10 atom stereocenters. The summed E-state index contributed by atoms with van der Waals surface area (Å²) < 4.78 is 21.1. The SMILES string of the molecule is NCCO[C@H]1OC(CO)[C@@H](O)[C@H](O[C@H]2O[C@H](CO)[C@@H](O)[C@H](O)[C@@H]2O)[C@@H]1O. The molecule has 0 radical (unpaired) electrons. The van der Waals surface area contributed by atoms with Crippen LogP contribution >= 0.6 is 0 Å². The first-order chi connectivity index (χ1) is 12.3. The fourth-order valence-electron chi connectivity index (χ4n) is 2.87. The van der Waals surface area contributed by atoms with Gasteiger partial charge in [-0.05, 0) is 0 Å². The monoisotopic (exact) mass is 385 g/mol. The zero-order valence-corrected chi connectivity index (χ0v) is 13.9. The van der Waals surface area contributed by atoms with Crippen LogP contribution in [0.15, 0.2) is 0 Å². The van der Waals surface area contributed by atoms with E-state index in [1.807, 2.05) is 0 Å². The van der Waals surface area contributed by atoms with E-state index in [1.54, 1.807) is 0 Å². The molecule has 154 valence electrons. The van der Waals surface area contributed by atoms with Crippen LogP contribution in [-0.4, -0.2) is 124 Å². The molecule has 0 aromatic carbocycles. The Kier molecular flexibility index (Phi) is 8.08. The second-order valence-electron chi connectivity index (χ2n) is 6.16. The van der Waals surface area contributed by atoms with Gasteiger partial charge in [-0.2, -0.15) is 0 Å². The summed E-state index contributed by atoms with van der Waals surface area (Å²) in [7, 11) is 0. The summed E-state index contributed by atoms with van der Waals surface area (Å²) in [5.74, 6) is 0. The lowest BCUT2D eigenvalue weighted by Gasteiger charge is -2.45. The van der Waals surface area contributed by atoms with Gasteiger partial charge in [-0.3, -0.25) is 0 Å². The number of aliphatic hydroxyl groups is 7. The van der Waals surface area contributed by atoms with E-state index in [0.717, 1.165) is 0 Å². The van der Waals surface area contributed by atoms with E-state index in [4.69, 9.17) is 24.7 Å². The van der Waals surface area contributed by atoms with Crippen molar-refractivity contribution in [3.05, 3.63) is 0 Å². The second kappa shape index (κ2) is 9.64. The molecular weight excluding hydrogens is 358 g/mol. The minimum absolute atomic E-state index is 0.0305. The van der Waals surface area contributed by atoms with Gasteiger partial charge in [-0.15, -0.1) is 0 Å². The van der Waals surface area contributed by atoms with Crippen LogP contribution < -0.4 is 5.73 Å². The number of hydrogen-bond donors (Lipinski definition) is 8. The van der Waals surface area contributed by atoms with Crippen LogP contribution in [0.3, 0.4) is 0 Å². The van der Waals surface area contributed by atoms with Crippen LogP contribution in [0, 0.1) is 0 Å². The summed E-state index contributed by atoms with van der Waals surface area (Å²) in [5, 5.41) is 68.7. The summed E-state index contributed by atoms with van der Waals surface area (Å²) in [4.78, 5) is 0. The van der Waals surface area contributed by atoms with Gasteiger partial charge in [0.25, 0.3) is 0 Å². The molecule has 0 aliphatic carbocycles. The zero-order chi connectivity index (χ0) is 19.4. The summed E-state index contributed by atoms with van der Waals surface area (Å²) in [6, 6.07) is 0. The first-order valence-corrected chi connectivity index (χ1v) is 8.25. The average Bonchev–Trinajstić information content (AvgIpc) is 2.64. The van der Waals surface area contributed by atoms with Crippen LogP contribution in [0.25, 0.3) is 0 Å². The van der Waals surface area contributed by atoms with Crippen molar-refractivity contribution >= 4 is 0 Å². The smallest absolute Gasteiger partial charge is 0.187 e. The third-order valence-electron chi connectivity index (χ3n) is 4.36. The third kappa shape index (κ3) is 4.49. The van der Waals surface area contributed by atoms with Gasteiger partial charge in [0, 0.05) is 6.54 Å². The van der Waals surface area contributed by atoms with Crippen LogP contribution in [0.1, 0.15) is 0 Å². The zero-order valence-electron chi connectivity index (χ0n) is 13.9. The maximum atomic E-state index is 10.3. The first-order valence-electron chi connectivity index (χ1n) is 8.25. The molecule has 2 rings (SSSR count). The molecule has 0 aromatic rings. The highest BCUT2D eigenvalue weighted by Crippen LogP contribution is 2.29. The molecule has 26 heavy (non-hydrogen) atoms. The van der Waals surface area contributed by atoms with Crippen molar-refractivity contribution in [2.24, 2.45) is 5.73 Å². The number of rotatable bonds is 7. The highest BCUT2D eigenvalue weighted by molar-refractivity contribution is 4.94. The Labute approximate surface area is 149 Å². The Morgan fingerprint density at radius 1 is 0.731 bits per heavy atom. The van der Waals surface area contributed by atoms with E-state index >= 15 is 0 Å². The minimum Gasteiger partial charge on any atom is -0.394 e. The standard InChI is InChI=1S/C14H27NO11/c15-1-2-23-13-11(22)12(8(19)6(4-17)24-13)26-14-10(21)9(20)7(18)5(3-16)25-14/h5-14,16-22H,1-4,15H2/t5-,6?,7-,8-,9+,10+,11+,12+,13+,14-/m1/s1. The minimum atomic E-state index is -1.72. The molecule has 1 unspecified atom stereocenters.